The first kappa shape index (κ1) is 32.1. The first-order valence-electron chi connectivity index (χ1n) is 12.1. The van der Waals surface area contributed by atoms with Crippen LogP contribution in [0.25, 0.3) is 0 Å². The van der Waals surface area contributed by atoms with E-state index in [4.69, 9.17) is 25.3 Å². The molecule has 1 heterocycles. The minimum absolute atomic E-state index is 0.665. The van der Waals surface area contributed by atoms with Crippen LogP contribution >= 0.6 is 0 Å². The number of hydrogen-bond donors (Lipinski definition) is 0. The average molecular weight is 577 g/mol. The lowest BCUT2D eigenvalue weighted by Gasteiger charge is -2.48. The summed E-state index contributed by atoms with van der Waals surface area (Å²) in [7, 11) is -14.3. The van der Waals surface area contributed by atoms with Gasteiger partial charge in [0.2, 0.25) is 16.6 Å². The normalized spacial score (nSPS) is 32.9. The van der Waals surface area contributed by atoms with E-state index in [2.05, 4.69) is 78.7 Å². The lowest BCUT2D eigenvalue weighted by Crippen LogP contribution is -2.66. The van der Waals surface area contributed by atoms with Crippen LogP contribution in [0.15, 0.2) is 49.1 Å². The van der Waals surface area contributed by atoms with Crippen molar-refractivity contribution >= 4 is 50.9 Å². The van der Waals surface area contributed by atoms with Gasteiger partial charge in [0.1, 0.15) is 0 Å². The molecule has 0 bridgehead atoms. The largest absolute Gasteiger partial charge is 0.414 e. The molecule has 0 aliphatic carbocycles. The Morgan fingerprint density at radius 2 is 0.912 bits per heavy atom. The highest BCUT2D eigenvalue weighted by Crippen LogP contribution is 2.36. The fraction of sp³-hybridized carbons (Fsp3) is 0.636. The van der Waals surface area contributed by atoms with Crippen LogP contribution in [-0.4, -0.2) is 64.1 Å². The van der Waals surface area contributed by atoms with Crippen molar-refractivity contribution in [3.63, 3.8) is 0 Å². The minimum Gasteiger partial charge on any atom is -0.414 e. The van der Waals surface area contributed by atoms with Gasteiger partial charge in [-0.2, -0.15) is 0 Å². The first-order valence-corrected chi connectivity index (χ1v) is 27.9. The molecule has 12 heteroatoms. The maximum Gasteiger partial charge on any atom is 0.343 e. The molecule has 0 aromatic heterocycles. The van der Waals surface area contributed by atoms with E-state index in [0.29, 0.717) is 13.2 Å². The Bertz CT molecular complexity index is 657. The molecule has 0 N–H and O–H groups in total. The second-order valence-electron chi connectivity index (χ2n) is 10.6. The highest BCUT2D eigenvalue weighted by molar-refractivity contribution is 6.96. The summed E-state index contributed by atoms with van der Waals surface area (Å²) in [5, 5.41) is 0. The van der Waals surface area contributed by atoms with Crippen molar-refractivity contribution in [2.45, 2.75) is 77.3 Å². The van der Waals surface area contributed by atoms with Crippen molar-refractivity contribution in [3.05, 3.63) is 49.1 Å². The average Bonchev–Trinajstić information content (AvgIpc) is 2.73. The summed E-state index contributed by atoms with van der Waals surface area (Å²) in [5.41, 5.74) is 7.64. The molecular weight excluding hydrogens is 529 g/mol. The van der Waals surface area contributed by atoms with E-state index in [0.717, 1.165) is 24.9 Å². The fourth-order valence-corrected chi connectivity index (χ4v) is 25.7. The maximum absolute atomic E-state index is 6.80. The van der Waals surface area contributed by atoms with Crippen molar-refractivity contribution in [3.8, 4) is 0 Å². The van der Waals surface area contributed by atoms with Gasteiger partial charge in [-0.1, -0.05) is 22.8 Å². The summed E-state index contributed by atoms with van der Waals surface area (Å²) in [4.78, 5) is 0. The Balaban J connectivity index is 3.00. The van der Waals surface area contributed by atoms with E-state index in [1.807, 2.05) is 22.8 Å². The third-order valence-corrected chi connectivity index (χ3v) is 27.2. The van der Waals surface area contributed by atoms with Crippen molar-refractivity contribution < 1.29 is 25.3 Å². The van der Waals surface area contributed by atoms with Gasteiger partial charge >= 0.3 is 34.2 Å². The van der Waals surface area contributed by atoms with Crippen molar-refractivity contribution in [2.75, 3.05) is 13.2 Å². The van der Waals surface area contributed by atoms with Crippen molar-refractivity contribution in [1.82, 2.24) is 0 Å². The smallest absolute Gasteiger partial charge is 0.343 e. The van der Waals surface area contributed by atoms with Crippen LogP contribution in [0.4, 0.5) is 0 Å². The van der Waals surface area contributed by atoms with Gasteiger partial charge < -0.3 is 25.3 Å². The van der Waals surface area contributed by atoms with E-state index in [1.165, 1.54) is 0 Å². The number of hydrogen-bond acceptors (Lipinski definition) is 6. The molecule has 0 atom stereocenters. The summed E-state index contributed by atoms with van der Waals surface area (Å²) < 4.78 is 39.4. The zero-order chi connectivity index (χ0) is 26.3. The second kappa shape index (κ2) is 12.5. The van der Waals surface area contributed by atoms with E-state index in [1.54, 1.807) is 0 Å². The molecule has 1 aliphatic heterocycles. The van der Waals surface area contributed by atoms with Crippen molar-refractivity contribution in [2.24, 2.45) is 0 Å². The minimum atomic E-state index is -2.72. The summed E-state index contributed by atoms with van der Waals surface area (Å²) in [6.45, 7) is 34.2. The molecule has 196 valence electrons. The second-order valence-corrected chi connectivity index (χ2v) is 32.1. The lowest BCUT2D eigenvalue weighted by molar-refractivity contribution is 0.228. The fourth-order valence-electron chi connectivity index (χ4n) is 3.74. The molecule has 0 saturated carbocycles. The molecule has 0 amide bonds. The van der Waals surface area contributed by atoms with E-state index < -0.39 is 50.9 Å². The van der Waals surface area contributed by atoms with Crippen molar-refractivity contribution in [1.29, 1.82) is 0 Å². The molecule has 34 heavy (non-hydrogen) atoms. The van der Waals surface area contributed by atoms with Gasteiger partial charge in [0.15, 0.2) is 0 Å². The Kier molecular flexibility index (Phi) is 11.8. The Labute approximate surface area is 215 Å². The predicted octanol–water partition coefficient (Wildman–Crippen LogP) is 6.48. The number of rotatable bonds is 14. The molecule has 0 radical (unpaired) electrons. The van der Waals surface area contributed by atoms with Crippen LogP contribution in [-0.2, 0) is 25.3 Å². The van der Waals surface area contributed by atoms with Gasteiger partial charge in [-0.25, -0.2) is 0 Å². The maximum atomic E-state index is 6.80. The van der Waals surface area contributed by atoms with Crippen LogP contribution in [0.2, 0.25) is 64.5 Å². The quantitative estimate of drug-likeness (QED) is 0.174. The Morgan fingerprint density at radius 3 is 1.15 bits per heavy atom. The van der Waals surface area contributed by atoms with E-state index >= 15 is 0 Å². The molecule has 0 spiro atoms. The molecule has 1 saturated heterocycles. The third kappa shape index (κ3) is 10.6. The SMILES string of the molecule is C=C[Si](C)(C)OCCC[Si]1(C)O[Si](C)(C=C)O[Si](C)(CCCO[Si](C)(C)C=C)O[Si](C)(C=C)O1. The summed E-state index contributed by atoms with van der Waals surface area (Å²) in [5.74, 6) is 0. The van der Waals surface area contributed by atoms with Crippen LogP contribution in [0.1, 0.15) is 12.8 Å². The zero-order valence-corrected chi connectivity index (χ0v) is 28.8. The molecule has 0 aromatic carbocycles. The topological polar surface area (TPSA) is 55.4 Å². The van der Waals surface area contributed by atoms with Crippen LogP contribution < -0.4 is 0 Å². The van der Waals surface area contributed by atoms with Gasteiger partial charge in [-0.15, -0.1) is 26.3 Å². The van der Waals surface area contributed by atoms with Crippen LogP contribution in [0.5, 0.6) is 0 Å². The van der Waals surface area contributed by atoms with Gasteiger partial charge in [-0.3, -0.25) is 0 Å². The first-order chi connectivity index (χ1) is 15.5. The van der Waals surface area contributed by atoms with Gasteiger partial charge in [-0.05, 0) is 77.3 Å². The standard InChI is InChI=1S/C22H48O6Si6/c1-13-29(5,6)23-19-17-21-33(11)25-31(9,15-3)27-34(12,28-32(10,16-4)26-33)22-18-20-24-30(7,8)14-2/h13-16H,1-4,17-22H2,5-12H3. The summed E-state index contributed by atoms with van der Waals surface area (Å²) in [6.07, 6.45) is 1.70. The van der Waals surface area contributed by atoms with Gasteiger partial charge in [0, 0.05) is 13.2 Å². The molecule has 6 nitrogen and oxygen atoms in total. The molecule has 0 aromatic rings. The van der Waals surface area contributed by atoms with Gasteiger partial charge in [0.25, 0.3) is 0 Å². The molecule has 0 unspecified atom stereocenters. The Hall–Kier alpha value is 0.0213. The summed E-state index contributed by atoms with van der Waals surface area (Å²) >= 11 is 0. The van der Waals surface area contributed by atoms with Crippen LogP contribution in [0, 0.1) is 0 Å². The Morgan fingerprint density at radius 1 is 0.618 bits per heavy atom. The highest BCUT2D eigenvalue weighted by atomic mass is 28.5. The molecular formula is C22H48O6Si6. The summed E-state index contributed by atoms with van der Waals surface area (Å²) in [6, 6.07) is 1.59. The molecule has 1 rings (SSSR count). The monoisotopic (exact) mass is 576 g/mol. The van der Waals surface area contributed by atoms with E-state index in [-0.39, 0.29) is 0 Å². The van der Waals surface area contributed by atoms with E-state index in [9.17, 15) is 0 Å². The van der Waals surface area contributed by atoms with Crippen LogP contribution in [0.3, 0.4) is 0 Å². The third-order valence-electron chi connectivity index (χ3n) is 5.90. The molecule has 1 aliphatic rings. The van der Waals surface area contributed by atoms with Gasteiger partial charge in [0.05, 0.1) is 0 Å². The zero-order valence-electron chi connectivity index (χ0n) is 22.8. The molecule has 1 fully saturated rings. The predicted molar refractivity (Wildman–Crippen MR) is 157 cm³/mol. The lowest BCUT2D eigenvalue weighted by atomic mass is 10.5. The highest BCUT2D eigenvalue weighted by Gasteiger charge is 2.55.